The van der Waals surface area contributed by atoms with Crippen LogP contribution in [0.3, 0.4) is 0 Å². The lowest BCUT2D eigenvalue weighted by Gasteiger charge is -2.05. The van der Waals surface area contributed by atoms with E-state index in [0.717, 1.165) is 16.5 Å². The van der Waals surface area contributed by atoms with Gasteiger partial charge in [0.1, 0.15) is 0 Å². The summed E-state index contributed by atoms with van der Waals surface area (Å²) in [5.74, 6) is -0.906. The van der Waals surface area contributed by atoms with E-state index >= 15 is 0 Å². The van der Waals surface area contributed by atoms with E-state index in [-0.39, 0.29) is 0 Å². The molecule has 17 heavy (non-hydrogen) atoms. The lowest BCUT2D eigenvalue weighted by molar-refractivity contribution is 0.0697. The molecule has 3 heteroatoms. The van der Waals surface area contributed by atoms with Crippen molar-refractivity contribution in [3.8, 4) is 0 Å². The van der Waals surface area contributed by atoms with Crippen LogP contribution in [0, 0.1) is 0 Å². The van der Waals surface area contributed by atoms with E-state index in [0.29, 0.717) is 5.56 Å². The van der Waals surface area contributed by atoms with Gasteiger partial charge in [0.25, 0.3) is 0 Å². The molecule has 0 bridgehead atoms. The SMILES string of the molecule is O=C(O)c1ccc(Cc2ccccc2)c(Br)c1. The fourth-order valence-electron chi connectivity index (χ4n) is 1.64. The zero-order valence-corrected chi connectivity index (χ0v) is 10.6. The van der Waals surface area contributed by atoms with E-state index in [1.807, 2.05) is 24.3 Å². The second kappa shape index (κ2) is 5.15. The van der Waals surface area contributed by atoms with Crippen molar-refractivity contribution < 1.29 is 9.90 Å². The van der Waals surface area contributed by atoms with Crippen molar-refractivity contribution in [2.45, 2.75) is 6.42 Å². The summed E-state index contributed by atoms with van der Waals surface area (Å²) >= 11 is 3.41. The van der Waals surface area contributed by atoms with E-state index in [1.54, 1.807) is 12.1 Å². The average molecular weight is 291 g/mol. The summed E-state index contributed by atoms with van der Waals surface area (Å²) in [6, 6.07) is 15.2. The first-order chi connectivity index (χ1) is 8.16. The van der Waals surface area contributed by atoms with Crippen molar-refractivity contribution in [2.75, 3.05) is 0 Å². The van der Waals surface area contributed by atoms with Gasteiger partial charge in [-0.25, -0.2) is 4.79 Å². The number of hydrogen-bond donors (Lipinski definition) is 1. The Bertz CT molecular complexity index is 535. The van der Waals surface area contributed by atoms with Crippen LogP contribution in [0.25, 0.3) is 0 Å². The molecule has 0 unspecified atom stereocenters. The minimum Gasteiger partial charge on any atom is -0.478 e. The van der Waals surface area contributed by atoms with Crippen LogP contribution in [0.15, 0.2) is 53.0 Å². The number of carboxylic acid groups (broad SMARTS) is 1. The largest absolute Gasteiger partial charge is 0.478 e. The highest BCUT2D eigenvalue weighted by molar-refractivity contribution is 9.10. The quantitative estimate of drug-likeness (QED) is 0.935. The molecule has 0 aliphatic rings. The number of halogens is 1. The predicted octanol–water partition coefficient (Wildman–Crippen LogP) is 3.74. The van der Waals surface area contributed by atoms with Gasteiger partial charge in [-0.3, -0.25) is 0 Å². The Kier molecular flexibility index (Phi) is 3.59. The number of hydrogen-bond acceptors (Lipinski definition) is 1. The van der Waals surface area contributed by atoms with Gasteiger partial charge >= 0.3 is 5.97 Å². The van der Waals surface area contributed by atoms with Crippen molar-refractivity contribution in [1.82, 2.24) is 0 Å². The van der Waals surface area contributed by atoms with Crippen LogP contribution >= 0.6 is 15.9 Å². The summed E-state index contributed by atoms with van der Waals surface area (Å²) in [6.45, 7) is 0. The molecule has 0 aromatic heterocycles. The molecule has 0 aliphatic carbocycles. The zero-order valence-electron chi connectivity index (χ0n) is 9.06. The highest BCUT2D eigenvalue weighted by atomic mass is 79.9. The molecular formula is C14H11BrO2. The van der Waals surface area contributed by atoms with Gasteiger partial charge < -0.3 is 5.11 Å². The lowest BCUT2D eigenvalue weighted by atomic mass is 10.0. The summed E-state index contributed by atoms with van der Waals surface area (Å²) in [6.07, 6.45) is 0.793. The van der Waals surface area contributed by atoms with Crippen LogP contribution < -0.4 is 0 Å². The molecule has 0 fully saturated rings. The van der Waals surface area contributed by atoms with E-state index in [1.165, 1.54) is 5.56 Å². The first-order valence-corrected chi connectivity index (χ1v) is 6.02. The van der Waals surface area contributed by atoms with Crippen LogP contribution in [0.4, 0.5) is 0 Å². The highest BCUT2D eigenvalue weighted by Gasteiger charge is 2.06. The molecule has 0 radical (unpaired) electrons. The van der Waals surface area contributed by atoms with Crippen LogP contribution in [0.2, 0.25) is 0 Å². The van der Waals surface area contributed by atoms with E-state index in [4.69, 9.17) is 5.11 Å². The maximum Gasteiger partial charge on any atom is 0.335 e. The molecule has 0 spiro atoms. The molecule has 2 rings (SSSR count). The first kappa shape index (κ1) is 11.9. The standard InChI is InChI=1S/C14H11BrO2/c15-13-9-12(14(16)17)7-6-11(13)8-10-4-2-1-3-5-10/h1-7,9H,8H2,(H,16,17). The normalized spacial score (nSPS) is 10.2. The summed E-state index contributed by atoms with van der Waals surface area (Å²) in [5, 5.41) is 8.87. The highest BCUT2D eigenvalue weighted by Crippen LogP contribution is 2.21. The number of rotatable bonds is 3. The molecule has 86 valence electrons. The van der Waals surface area contributed by atoms with Crippen LogP contribution in [-0.4, -0.2) is 11.1 Å². The Morgan fingerprint density at radius 3 is 2.41 bits per heavy atom. The third-order valence-electron chi connectivity index (χ3n) is 2.54. The van der Waals surface area contributed by atoms with Gasteiger partial charge in [-0.15, -0.1) is 0 Å². The Labute approximate surface area is 108 Å². The van der Waals surface area contributed by atoms with Crippen LogP contribution in [0.1, 0.15) is 21.5 Å². The molecular weight excluding hydrogens is 280 g/mol. The van der Waals surface area contributed by atoms with Crippen molar-refractivity contribution in [2.24, 2.45) is 0 Å². The van der Waals surface area contributed by atoms with Crippen molar-refractivity contribution in [3.63, 3.8) is 0 Å². The predicted molar refractivity (Wildman–Crippen MR) is 70.3 cm³/mol. The molecule has 0 amide bonds. The molecule has 0 aliphatic heterocycles. The topological polar surface area (TPSA) is 37.3 Å². The van der Waals surface area contributed by atoms with Gasteiger partial charge in [-0.2, -0.15) is 0 Å². The number of carboxylic acids is 1. The maximum atomic E-state index is 10.8. The van der Waals surface area contributed by atoms with Crippen molar-refractivity contribution in [1.29, 1.82) is 0 Å². The Hall–Kier alpha value is -1.61. The van der Waals surface area contributed by atoms with Gasteiger partial charge in [-0.1, -0.05) is 52.3 Å². The Morgan fingerprint density at radius 1 is 1.12 bits per heavy atom. The number of benzene rings is 2. The molecule has 2 nitrogen and oxygen atoms in total. The molecule has 0 saturated carbocycles. The third kappa shape index (κ3) is 2.94. The number of aromatic carboxylic acids is 1. The number of carbonyl (C=O) groups is 1. The Morgan fingerprint density at radius 2 is 1.82 bits per heavy atom. The lowest BCUT2D eigenvalue weighted by Crippen LogP contribution is -1.97. The van der Waals surface area contributed by atoms with Crippen LogP contribution in [-0.2, 0) is 6.42 Å². The molecule has 2 aromatic carbocycles. The molecule has 0 heterocycles. The molecule has 0 saturated heterocycles. The Balaban J connectivity index is 2.26. The van der Waals surface area contributed by atoms with E-state index in [9.17, 15) is 4.79 Å². The third-order valence-corrected chi connectivity index (χ3v) is 3.28. The zero-order chi connectivity index (χ0) is 12.3. The maximum absolute atomic E-state index is 10.8. The summed E-state index contributed by atoms with van der Waals surface area (Å²) in [7, 11) is 0. The molecule has 0 atom stereocenters. The summed E-state index contributed by atoms with van der Waals surface area (Å²) in [4.78, 5) is 10.8. The first-order valence-electron chi connectivity index (χ1n) is 5.22. The van der Waals surface area contributed by atoms with Crippen molar-refractivity contribution in [3.05, 3.63) is 69.7 Å². The summed E-state index contributed by atoms with van der Waals surface area (Å²) < 4.78 is 0.834. The van der Waals surface area contributed by atoms with Crippen molar-refractivity contribution >= 4 is 21.9 Å². The van der Waals surface area contributed by atoms with Gasteiger partial charge in [0.2, 0.25) is 0 Å². The van der Waals surface area contributed by atoms with Gasteiger partial charge in [-0.05, 0) is 29.7 Å². The monoisotopic (exact) mass is 290 g/mol. The van der Waals surface area contributed by atoms with Gasteiger partial charge in [0, 0.05) is 4.47 Å². The minimum atomic E-state index is -0.906. The second-order valence-electron chi connectivity index (χ2n) is 3.77. The van der Waals surface area contributed by atoms with E-state index in [2.05, 4.69) is 28.1 Å². The fraction of sp³-hybridized carbons (Fsp3) is 0.0714. The fourth-order valence-corrected chi connectivity index (χ4v) is 2.16. The smallest absolute Gasteiger partial charge is 0.335 e. The van der Waals surface area contributed by atoms with Gasteiger partial charge in [0.15, 0.2) is 0 Å². The van der Waals surface area contributed by atoms with Crippen LogP contribution in [0.5, 0.6) is 0 Å². The van der Waals surface area contributed by atoms with E-state index < -0.39 is 5.97 Å². The summed E-state index contributed by atoms with van der Waals surface area (Å²) in [5.41, 5.74) is 2.59. The average Bonchev–Trinajstić information content (AvgIpc) is 2.33. The molecule has 2 aromatic rings. The molecule has 1 N–H and O–H groups in total. The van der Waals surface area contributed by atoms with Gasteiger partial charge in [0.05, 0.1) is 5.56 Å². The minimum absolute atomic E-state index is 0.300. The second-order valence-corrected chi connectivity index (χ2v) is 4.63.